The van der Waals surface area contributed by atoms with E-state index in [1.54, 1.807) is 15.6 Å². The van der Waals surface area contributed by atoms with E-state index in [1.807, 2.05) is 37.3 Å². The largest absolute Gasteiger partial charge is 0.355 e. The molecular weight excluding hydrogens is 600 g/mol. The first-order valence-electron chi connectivity index (χ1n) is 14.3. The number of aromatic nitrogens is 3. The molecule has 6 rings (SSSR count). The van der Waals surface area contributed by atoms with Crippen LogP contribution in [0.1, 0.15) is 60.6 Å². The summed E-state index contributed by atoms with van der Waals surface area (Å²) in [6.45, 7) is 3.64. The molecule has 2 aromatic heterocycles. The van der Waals surface area contributed by atoms with Crippen LogP contribution in [0.3, 0.4) is 0 Å². The number of hydrogen-bond donors (Lipinski definition) is 2. The van der Waals surface area contributed by atoms with Gasteiger partial charge in [0.2, 0.25) is 17.7 Å². The van der Waals surface area contributed by atoms with E-state index in [0.29, 0.717) is 54.8 Å². The van der Waals surface area contributed by atoms with Gasteiger partial charge in [0.1, 0.15) is 28.7 Å². The van der Waals surface area contributed by atoms with Gasteiger partial charge in [0, 0.05) is 36.7 Å². The number of piperidine rings is 1. The molecule has 3 atom stereocenters. The zero-order valence-corrected chi connectivity index (χ0v) is 25.2. The minimum Gasteiger partial charge on any atom is -0.355 e. The molecule has 1 saturated carbocycles. The zero-order valence-electron chi connectivity index (χ0n) is 23.7. The van der Waals surface area contributed by atoms with Crippen molar-refractivity contribution in [2.75, 3.05) is 11.9 Å². The van der Waals surface area contributed by atoms with Crippen molar-refractivity contribution in [1.82, 2.24) is 25.0 Å². The molecule has 218 valence electrons. The molecular formula is C31H33BrN6O4. The van der Waals surface area contributed by atoms with E-state index in [9.17, 15) is 19.2 Å². The Morgan fingerprint density at radius 2 is 1.88 bits per heavy atom. The van der Waals surface area contributed by atoms with Gasteiger partial charge in [-0.3, -0.25) is 23.9 Å². The third-order valence-corrected chi connectivity index (χ3v) is 9.15. The van der Waals surface area contributed by atoms with Crippen molar-refractivity contribution in [2.45, 2.75) is 71.0 Å². The van der Waals surface area contributed by atoms with Crippen molar-refractivity contribution in [3.8, 4) is 0 Å². The third-order valence-electron chi connectivity index (χ3n) is 8.71. The molecule has 10 nitrogen and oxygen atoms in total. The van der Waals surface area contributed by atoms with E-state index in [-0.39, 0.29) is 41.5 Å². The number of benzene rings is 1. The first-order chi connectivity index (χ1) is 20.2. The van der Waals surface area contributed by atoms with Crippen molar-refractivity contribution < 1.29 is 19.2 Å². The Balaban J connectivity index is 1.37. The smallest absolute Gasteiger partial charge is 0.248 e. The summed E-state index contributed by atoms with van der Waals surface area (Å²) in [5.74, 6) is -0.336. The lowest BCUT2D eigenvalue weighted by Crippen LogP contribution is -2.47. The second kappa shape index (κ2) is 11.1. The van der Waals surface area contributed by atoms with Crippen LogP contribution in [0, 0.1) is 12.3 Å². The summed E-state index contributed by atoms with van der Waals surface area (Å²) in [6.07, 6.45) is 7.68. The van der Waals surface area contributed by atoms with Gasteiger partial charge in [-0.05, 0) is 72.2 Å². The van der Waals surface area contributed by atoms with Crippen LogP contribution in [0.5, 0.6) is 0 Å². The van der Waals surface area contributed by atoms with Gasteiger partial charge in [-0.15, -0.1) is 0 Å². The molecule has 2 bridgehead atoms. The number of anilines is 1. The first kappa shape index (κ1) is 28.3. The van der Waals surface area contributed by atoms with Crippen LogP contribution < -0.4 is 10.6 Å². The Bertz CT molecular complexity index is 1650. The number of Topliss-reactive ketones (excluding diaryl/α,β-unsaturated/α-hetero) is 1. The molecule has 2 fully saturated rings. The maximum Gasteiger partial charge on any atom is 0.248 e. The average molecular weight is 634 g/mol. The predicted molar refractivity (Wildman–Crippen MR) is 161 cm³/mol. The Morgan fingerprint density at radius 1 is 1.10 bits per heavy atom. The van der Waals surface area contributed by atoms with Gasteiger partial charge in [0.05, 0.1) is 5.52 Å². The number of nitrogens with one attached hydrogen (secondary N) is 2. The van der Waals surface area contributed by atoms with Gasteiger partial charge in [0.15, 0.2) is 5.78 Å². The summed E-state index contributed by atoms with van der Waals surface area (Å²) in [7, 11) is 0. The van der Waals surface area contributed by atoms with Gasteiger partial charge in [0.25, 0.3) is 0 Å². The summed E-state index contributed by atoms with van der Waals surface area (Å²) in [4.78, 5) is 59.1. The lowest BCUT2D eigenvalue weighted by molar-refractivity contribution is -0.138. The normalized spacial score (nSPS) is 25.0. The number of nitrogens with zero attached hydrogens (tertiary/aromatic N) is 4. The molecule has 2 N–H and O–H groups in total. The molecule has 0 radical (unpaired) electrons. The van der Waals surface area contributed by atoms with Crippen molar-refractivity contribution in [2.24, 2.45) is 5.41 Å². The van der Waals surface area contributed by atoms with Crippen LogP contribution in [0.2, 0.25) is 0 Å². The number of para-hydroxylation sites is 1. The molecule has 0 spiro atoms. The molecule has 3 aromatic rings. The van der Waals surface area contributed by atoms with E-state index < -0.39 is 6.04 Å². The Labute approximate surface area is 252 Å². The van der Waals surface area contributed by atoms with E-state index in [1.165, 1.54) is 6.92 Å². The van der Waals surface area contributed by atoms with Crippen molar-refractivity contribution in [3.63, 3.8) is 0 Å². The average Bonchev–Trinajstić information content (AvgIpc) is 3.36. The monoisotopic (exact) mass is 632 g/mol. The maximum absolute atomic E-state index is 14.1. The van der Waals surface area contributed by atoms with Crippen molar-refractivity contribution in [1.29, 1.82) is 0 Å². The molecule has 3 amide bonds. The Morgan fingerprint density at radius 3 is 2.67 bits per heavy atom. The molecule has 1 aromatic carbocycles. The maximum atomic E-state index is 14.1. The second-order valence-corrected chi connectivity index (χ2v) is 12.4. The van der Waals surface area contributed by atoms with E-state index in [0.717, 1.165) is 28.5 Å². The summed E-state index contributed by atoms with van der Waals surface area (Å²) >= 11 is 3.36. The molecule has 0 unspecified atom stereocenters. The van der Waals surface area contributed by atoms with Gasteiger partial charge in [-0.25, -0.2) is 4.98 Å². The van der Waals surface area contributed by atoms with E-state index in [4.69, 9.17) is 0 Å². The standard InChI is InChI=1S/C31H33BrN6O4/c1-18-12-13-24(32)34-29(18)35-30(42)22-14-31-15-23(31)38(22)26(41)16-37-28-20(8-5-3-4-6-11-25(40)33-17-31)9-7-10-21(28)27(36-37)19(2)39/h3-4,7,9-10,12-13,22-23H,5-6,8,11,14-17H2,1-2H3,(H,33,40)(H,34,35,42)/b4-3+/t22-,23+,31-/m0/s1. The number of carbonyl (C=O) groups is 4. The summed E-state index contributed by atoms with van der Waals surface area (Å²) in [5.41, 5.74) is 2.53. The van der Waals surface area contributed by atoms with Crippen LogP contribution in [0.4, 0.5) is 5.82 Å². The molecule has 42 heavy (non-hydrogen) atoms. The highest BCUT2D eigenvalue weighted by atomic mass is 79.9. The Kier molecular flexibility index (Phi) is 7.46. The number of allylic oxidation sites excluding steroid dienone is 2. The van der Waals surface area contributed by atoms with Crippen LogP contribution in [0.25, 0.3) is 10.9 Å². The molecule has 4 heterocycles. The number of carbonyl (C=O) groups excluding carboxylic acids is 4. The third kappa shape index (κ3) is 5.26. The number of ketones is 1. The predicted octanol–water partition coefficient (Wildman–Crippen LogP) is 4.10. The SMILES string of the molecule is CC(=O)c1nn2c3c(cccc13)CC/C=C/CCC(=O)NC[C@@]13C[C@@H](C(=O)Nc4nc(Br)ccc4C)N(C(=O)C2)[C@@H]1C3. The highest BCUT2D eigenvalue weighted by molar-refractivity contribution is 9.10. The number of amides is 3. The molecule has 1 saturated heterocycles. The van der Waals surface area contributed by atoms with Crippen LogP contribution in [0.15, 0.2) is 47.1 Å². The van der Waals surface area contributed by atoms with Gasteiger partial charge in [-0.1, -0.05) is 36.4 Å². The number of halogens is 1. The summed E-state index contributed by atoms with van der Waals surface area (Å²) < 4.78 is 2.22. The fourth-order valence-electron chi connectivity index (χ4n) is 6.45. The van der Waals surface area contributed by atoms with Crippen molar-refractivity contribution >= 4 is 56.2 Å². The fraction of sp³-hybridized carbons (Fsp3) is 0.419. The minimum absolute atomic E-state index is 0.0367. The van der Waals surface area contributed by atoms with Crippen LogP contribution in [-0.4, -0.2) is 61.8 Å². The molecule has 1 aliphatic carbocycles. The Hall–Kier alpha value is -3.86. The molecule has 3 aliphatic rings. The highest BCUT2D eigenvalue weighted by Crippen LogP contribution is 2.59. The van der Waals surface area contributed by atoms with Crippen molar-refractivity contribution in [3.05, 3.63) is 63.9 Å². The second-order valence-electron chi connectivity index (χ2n) is 11.6. The zero-order chi connectivity index (χ0) is 29.6. The van der Waals surface area contributed by atoms with Gasteiger partial charge >= 0.3 is 0 Å². The number of aryl methyl sites for hydroxylation is 2. The quantitative estimate of drug-likeness (QED) is 0.254. The number of rotatable bonds is 3. The lowest BCUT2D eigenvalue weighted by Gasteiger charge is -2.27. The molecule has 2 aliphatic heterocycles. The summed E-state index contributed by atoms with van der Waals surface area (Å²) in [5, 5.41) is 11.3. The van der Waals surface area contributed by atoms with E-state index in [2.05, 4.69) is 42.7 Å². The first-order valence-corrected chi connectivity index (χ1v) is 15.1. The van der Waals surface area contributed by atoms with Gasteiger partial charge < -0.3 is 15.5 Å². The number of hydrogen-bond acceptors (Lipinski definition) is 6. The number of pyridine rings is 1. The van der Waals surface area contributed by atoms with Crippen LogP contribution >= 0.6 is 15.9 Å². The van der Waals surface area contributed by atoms with E-state index >= 15 is 0 Å². The van der Waals surface area contributed by atoms with Crippen LogP contribution in [-0.2, 0) is 27.3 Å². The lowest BCUT2D eigenvalue weighted by atomic mass is 9.98. The fourth-order valence-corrected chi connectivity index (χ4v) is 6.76. The highest BCUT2D eigenvalue weighted by Gasteiger charge is 2.67. The molecule has 11 heteroatoms. The topological polar surface area (TPSA) is 126 Å². The van der Waals surface area contributed by atoms with Gasteiger partial charge in [-0.2, -0.15) is 5.10 Å². The summed E-state index contributed by atoms with van der Waals surface area (Å²) in [6, 6.07) is 8.52. The minimum atomic E-state index is -0.733.